The van der Waals surface area contributed by atoms with Crippen molar-refractivity contribution in [3.8, 4) is 0 Å². The number of carbonyl (C=O) groups excluding carboxylic acids is 1. The number of para-hydroxylation sites is 1. The van der Waals surface area contributed by atoms with Gasteiger partial charge in [-0.1, -0.05) is 48.3 Å². The van der Waals surface area contributed by atoms with E-state index in [1.54, 1.807) is 12.1 Å². The van der Waals surface area contributed by atoms with Crippen LogP contribution in [0.15, 0.2) is 42.5 Å². The van der Waals surface area contributed by atoms with E-state index in [1.165, 1.54) is 11.3 Å². The number of rotatable bonds is 4. The molecule has 2 aliphatic heterocycles. The second kappa shape index (κ2) is 8.55. The lowest BCUT2D eigenvalue weighted by Crippen LogP contribution is -2.45. The Morgan fingerprint density at radius 3 is 2.41 bits per heavy atom. The zero-order chi connectivity index (χ0) is 20.5. The van der Waals surface area contributed by atoms with Crippen molar-refractivity contribution in [3.63, 3.8) is 0 Å². The van der Waals surface area contributed by atoms with E-state index in [2.05, 4.69) is 48.0 Å². The number of nitrogens with zero attached hydrogens (tertiary/aromatic N) is 3. The Labute approximate surface area is 183 Å². The summed E-state index contributed by atoms with van der Waals surface area (Å²) in [6.07, 6.45) is 0.845. The fourth-order valence-corrected chi connectivity index (χ4v) is 4.79. The minimum atomic E-state index is -0.0296. The Morgan fingerprint density at radius 2 is 1.69 bits per heavy atom. The van der Waals surface area contributed by atoms with E-state index in [4.69, 9.17) is 23.2 Å². The minimum absolute atomic E-state index is 0.0296. The number of hydrogen-bond donors (Lipinski definition) is 0. The molecule has 4 rings (SSSR count). The Balaban J connectivity index is 1.55. The summed E-state index contributed by atoms with van der Waals surface area (Å²) >= 11 is 12.2. The quantitative estimate of drug-likeness (QED) is 0.688. The standard InChI is InChI=1S/C23H27Cl2N3O/c1-16(18-5-3-4-6-22(18)27-13-11-26(2)12-14-27)19-9-10-28(23(19)29)17-7-8-20(24)21(25)15-17/h3-8,15-16,19H,9-14H2,1-2H3. The van der Waals surface area contributed by atoms with Gasteiger partial charge in [0.1, 0.15) is 0 Å². The fourth-order valence-electron chi connectivity index (χ4n) is 4.50. The molecule has 154 valence electrons. The van der Waals surface area contributed by atoms with Crippen molar-refractivity contribution in [2.24, 2.45) is 5.92 Å². The van der Waals surface area contributed by atoms with Crippen LogP contribution >= 0.6 is 23.2 Å². The lowest BCUT2D eigenvalue weighted by Gasteiger charge is -2.36. The van der Waals surface area contributed by atoms with Gasteiger partial charge >= 0.3 is 0 Å². The predicted octanol–water partition coefficient (Wildman–Crippen LogP) is 4.90. The molecule has 2 atom stereocenters. The second-order valence-electron chi connectivity index (χ2n) is 8.12. The molecule has 0 saturated carbocycles. The van der Waals surface area contributed by atoms with Crippen molar-refractivity contribution in [2.75, 3.05) is 49.6 Å². The van der Waals surface area contributed by atoms with Crippen LogP contribution in [0, 0.1) is 5.92 Å². The maximum Gasteiger partial charge on any atom is 0.230 e. The van der Waals surface area contributed by atoms with E-state index in [0.29, 0.717) is 16.6 Å². The normalized spacial score (nSPS) is 21.7. The number of benzene rings is 2. The molecule has 2 aromatic carbocycles. The highest BCUT2D eigenvalue weighted by atomic mass is 35.5. The molecule has 0 N–H and O–H groups in total. The lowest BCUT2D eigenvalue weighted by molar-refractivity contribution is -0.120. The molecule has 0 radical (unpaired) electrons. The fraction of sp³-hybridized carbons (Fsp3) is 0.435. The summed E-state index contributed by atoms with van der Waals surface area (Å²) in [5, 5.41) is 0.988. The van der Waals surface area contributed by atoms with Crippen molar-refractivity contribution in [1.82, 2.24) is 4.90 Å². The van der Waals surface area contributed by atoms with E-state index in [0.717, 1.165) is 38.3 Å². The van der Waals surface area contributed by atoms with Gasteiger partial charge in [-0.3, -0.25) is 4.79 Å². The summed E-state index contributed by atoms with van der Waals surface area (Å²) in [7, 11) is 2.17. The molecule has 0 aliphatic carbocycles. The second-order valence-corrected chi connectivity index (χ2v) is 8.94. The number of hydrogen-bond acceptors (Lipinski definition) is 3. The van der Waals surface area contributed by atoms with E-state index in [1.807, 2.05) is 11.0 Å². The van der Waals surface area contributed by atoms with E-state index in [-0.39, 0.29) is 17.7 Å². The van der Waals surface area contributed by atoms with Crippen LogP contribution in [0.1, 0.15) is 24.8 Å². The van der Waals surface area contributed by atoms with Crippen molar-refractivity contribution in [1.29, 1.82) is 0 Å². The molecule has 0 bridgehead atoms. The van der Waals surface area contributed by atoms with Crippen LogP contribution in [-0.4, -0.2) is 50.6 Å². The maximum absolute atomic E-state index is 13.3. The third-order valence-electron chi connectivity index (χ3n) is 6.34. The van der Waals surface area contributed by atoms with Gasteiger partial charge in [-0.15, -0.1) is 0 Å². The highest BCUT2D eigenvalue weighted by Crippen LogP contribution is 2.39. The average molecular weight is 432 g/mol. The van der Waals surface area contributed by atoms with Gasteiger partial charge in [0.15, 0.2) is 0 Å². The highest BCUT2D eigenvalue weighted by Gasteiger charge is 2.37. The van der Waals surface area contributed by atoms with E-state index < -0.39 is 0 Å². The third kappa shape index (κ3) is 4.11. The van der Waals surface area contributed by atoms with Crippen LogP contribution in [-0.2, 0) is 4.79 Å². The van der Waals surface area contributed by atoms with Gasteiger partial charge in [0.05, 0.1) is 10.0 Å². The van der Waals surface area contributed by atoms with E-state index >= 15 is 0 Å². The molecular formula is C23H27Cl2N3O. The third-order valence-corrected chi connectivity index (χ3v) is 7.08. The van der Waals surface area contributed by atoms with Gasteiger partial charge in [-0.05, 0) is 49.2 Å². The minimum Gasteiger partial charge on any atom is -0.369 e. The van der Waals surface area contributed by atoms with Crippen molar-refractivity contribution in [3.05, 3.63) is 58.1 Å². The smallest absolute Gasteiger partial charge is 0.230 e. The summed E-state index contributed by atoms with van der Waals surface area (Å²) in [6.45, 7) is 7.08. The van der Waals surface area contributed by atoms with Crippen LogP contribution in [0.2, 0.25) is 10.0 Å². The number of anilines is 2. The molecule has 4 nitrogen and oxygen atoms in total. The summed E-state index contributed by atoms with van der Waals surface area (Å²) in [5.41, 5.74) is 3.37. The summed E-state index contributed by atoms with van der Waals surface area (Å²) in [4.78, 5) is 19.9. The number of halogens is 2. The van der Waals surface area contributed by atoms with Crippen LogP contribution in [0.4, 0.5) is 11.4 Å². The predicted molar refractivity (Wildman–Crippen MR) is 121 cm³/mol. The van der Waals surface area contributed by atoms with Crippen LogP contribution in [0.5, 0.6) is 0 Å². The van der Waals surface area contributed by atoms with Gasteiger partial charge in [0, 0.05) is 50.0 Å². The number of likely N-dealkylation sites (N-methyl/N-ethyl adjacent to an activating group) is 1. The molecule has 2 aromatic rings. The molecule has 0 aromatic heterocycles. The first-order valence-electron chi connectivity index (χ1n) is 10.2. The highest BCUT2D eigenvalue weighted by molar-refractivity contribution is 6.42. The molecule has 2 fully saturated rings. The number of carbonyl (C=O) groups is 1. The topological polar surface area (TPSA) is 26.8 Å². The number of piperazine rings is 1. The van der Waals surface area contributed by atoms with Gasteiger partial charge in [0.25, 0.3) is 0 Å². The van der Waals surface area contributed by atoms with Crippen LogP contribution in [0.25, 0.3) is 0 Å². The molecule has 2 aliphatic rings. The molecule has 2 saturated heterocycles. The average Bonchev–Trinajstić information content (AvgIpc) is 3.11. The molecule has 6 heteroatoms. The largest absolute Gasteiger partial charge is 0.369 e. The molecule has 29 heavy (non-hydrogen) atoms. The number of amides is 1. The van der Waals surface area contributed by atoms with Crippen LogP contribution in [0.3, 0.4) is 0 Å². The SMILES string of the molecule is CC(c1ccccc1N1CCN(C)CC1)C1CCN(c2ccc(Cl)c(Cl)c2)C1=O. The monoisotopic (exact) mass is 431 g/mol. The molecule has 2 unspecified atom stereocenters. The molecule has 2 heterocycles. The van der Waals surface area contributed by atoms with Gasteiger partial charge in [-0.2, -0.15) is 0 Å². The van der Waals surface area contributed by atoms with E-state index in [9.17, 15) is 4.79 Å². The Hall–Kier alpha value is -1.75. The van der Waals surface area contributed by atoms with Gasteiger partial charge in [-0.25, -0.2) is 0 Å². The summed E-state index contributed by atoms with van der Waals surface area (Å²) in [6, 6.07) is 14.0. The molecule has 0 spiro atoms. The molecular weight excluding hydrogens is 405 g/mol. The van der Waals surface area contributed by atoms with Crippen molar-refractivity contribution < 1.29 is 4.79 Å². The summed E-state index contributed by atoms with van der Waals surface area (Å²) < 4.78 is 0. The van der Waals surface area contributed by atoms with Crippen molar-refractivity contribution in [2.45, 2.75) is 19.3 Å². The lowest BCUT2D eigenvalue weighted by atomic mass is 9.85. The summed E-state index contributed by atoms with van der Waals surface area (Å²) in [5.74, 6) is 0.299. The molecule has 1 amide bonds. The van der Waals surface area contributed by atoms with Crippen molar-refractivity contribution >= 4 is 40.5 Å². The Morgan fingerprint density at radius 1 is 0.966 bits per heavy atom. The Kier molecular flexibility index (Phi) is 6.05. The zero-order valence-electron chi connectivity index (χ0n) is 16.9. The Bertz CT molecular complexity index is 895. The zero-order valence-corrected chi connectivity index (χ0v) is 18.5. The first-order valence-corrected chi connectivity index (χ1v) is 11.0. The first kappa shape index (κ1) is 20.5. The van der Waals surface area contributed by atoms with Crippen LogP contribution < -0.4 is 9.80 Å². The maximum atomic E-state index is 13.3. The van der Waals surface area contributed by atoms with Gasteiger partial charge < -0.3 is 14.7 Å². The first-order chi connectivity index (χ1) is 14.0. The van der Waals surface area contributed by atoms with Gasteiger partial charge in [0.2, 0.25) is 5.91 Å².